The summed E-state index contributed by atoms with van der Waals surface area (Å²) in [6.07, 6.45) is 5.41. The lowest BCUT2D eigenvalue weighted by Crippen LogP contribution is -2.47. The monoisotopic (exact) mass is 369 g/mol. The molecule has 1 saturated carbocycles. The number of rotatable bonds is 8. The van der Waals surface area contributed by atoms with Crippen LogP contribution in [0.3, 0.4) is 0 Å². The minimum atomic E-state index is -0.191. The molecule has 25 heavy (non-hydrogen) atoms. The van der Waals surface area contributed by atoms with Crippen LogP contribution < -0.4 is 10.6 Å². The summed E-state index contributed by atoms with van der Waals surface area (Å²) < 4.78 is 0. The zero-order chi connectivity index (χ0) is 18.2. The molecule has 2 fully saturated rings. The molecule has 0 spiro atoms. The average Bonchev–Trinajstić information content (AvgIpc) is 3.07. The van der Waals surface area contributed by atoms with Crippen LogP contribution in [0, 0.1) is 5.92 Å². The van der Waals surface area contributed by atoms with Crippen molar-refractivity contribution in [1.82, 2.24) is 15.5 Å². The van der Waals surface area contributed by atoms with E-state index in [1.54, 1.807) is 0 Å². The van der Waals surface area contributed by atoms with E-state index >= 15 is 0 Å². The van der Waals surface area contributed by atoms with Gasteiger partial charge in [-0.25, -0.2) is 0 Å². The molecule has 140 valence electrons. The number of carbonyl (C=O) groups excluding carboxylic acids is 4. The van der Waals surface area contributed by atoms with Gasteiger partial charge >= 0.3 is 0 Å². The standard InChI is InChI=1S/C17H27N3O4S/c1-12-6-7-16(23)20(17(12)24)9-8-18-14(21)10-25-11-15(22)19-13-4-2-3-5-13/h12-13H,2-11H2,1H3,(H,18,21)(H,19,22)/t12-/m1/s1. The first-order chi connectivity index (χ1) is 12.0. The number of piperidine rings is 1. The Morgan fingerprint density at radius 2 is 1.80 bits per heavy atom. The molecule has 4 amide bonds. The number of amides is 4. The van der Waals surface area contributed by atoms with E-state index in [-0.39, 0.29) is 54.1 Å². The van der Waals surface area contributed by atoms with Crippen LogP contribution in [-0.4, -0.2) is 59.2 Å². The Bertz CT molecular complexity index is 520. The first-order valence-corrected chi connectivity index (χ1v) is 10.1. The van der Waals surface area contributed by atoms with Gasteiger partial charge in [0.2, 0.25) is 23.6 Å². The smallest absolute Gasteiger partial charge is 0.232 e. The molecule has 0 aromatic rings. The Labute approximate surface area is 152 Å². The highest BCUT2D eigenvalue weighted by molar-refractivity contribution is 8.00. The minimum absolute atomic E-state index is 0.0248. The second-order valence-corrected chi connectivity index (χ2v) is 7.70. The zero-order valence-corrected chi connectivity index (χ0v) is 15.5. The Morgan fingerprint density at radius 3 is 2.52 bits per heavy atom. The van der Waals surface area contributed by atoms with E-state index in [1.165, 1.54) is 29.5 Å². The average molecular weight is 369 g/mol. The van der Waals surface area contributed by atoms with Crippen molar-refractivity contribution in [2.75, 3.05) is 24.6 Å². The highest BCUT2D eigenvalue weighted by atomic mass is 32.2. The fraction of sp³-hybridized carbons (Fsp3) is 0.765. The molecule has 0 radical (unpaired) electrons. The Balaban J connectivity index is 1.56. The predicted octanol–water partition coefficient (Wildman–Crippen LogP) is 0.680. The van der Waals surface area contributed by atoms with Crippen LogP contribution in [0.2, 0.25) is 0 Å². The third kappa shape index (κ3) is 6.34. The van der Waals surface area contributed by atoms with E-state index < -0.39 is 0 Å². The third-order valence-corrected chi connectivity index (χ3v) is 5.56. The van der Waals surface area contributed by atoms with E-state index in [4.69, 9.17) is 0 Å². The lowest BCUT2D eigenvalue weighted by atomic mass is 9.99. The maximum Gasteiger partial charge on any atom is 0.232 e. The maximum absolute atomic E-state index is 11.9. The van der Waals surface area contributed by atoms with Crippen LogP contribution >= 0.6 is 11.8 Å². The highest BCUT2D eigenvalue weighted by Gasteiger charge is 2.30. The number of likely N-dealkylation sites (tertiary alicyclic amines) is 1. The summed E-state index contributed by atoms with van der Waals surface area (Å²) in [5.74, 6) is -0.228. The van der Waals surface area contributed by atoms with Gasteiger partial charge in [-0.1, -0.05) is 19.8 Å². The Kier molecular flexibility index (Phi) is 7.74. The van der Waals surface area contributed by atoms with Crippen LogP contribution in [-0.2, 0) is 19.2 Å². The Morgan fingerprint density at radius 1 is 1.12 bits per heavy atom. The quantitative estimate of drug-likeness (QED) is 0.614. The number of hydrogen-bond acceptors (Lipinski definition) is 5. The van der Waals surface area contributed by atoms with Gasteiger partial charge in [0, 0.05) is 31.5 Å². The van der Waals surface area contributed by atoms with E-state index in [1.807, 2.05) is 6.92 Å². The number of nitrogens with zero attached hydrogens (tertiary/aromatic N) is 1. The van der Waals surface area contributed by atoms with Crippen molar-refractivity contribution >= 4 is 35.4 Å². The van der Waals surface area contributed by atoms with Crippen molar-refractivity contribution in [3.05, 3.63) is 0 Å². The van der Waals surface area contributed by atoms with E-state index in [0.29, 0.717) is 18.9 Å². The Hall–Kier alpha value is -1.57. The fourth-order valence-corrected chi connectivity index (χ4v) is 3.81. The summed E-state index contributed by atoms with van der Waals surface area (Å²) in [4.78, 5) is 48.5. The normalized spacial score (nSPS) is 21.5. The number of imide groups is 1. The van der Waals surface area contributed by atoms with Gasteiger partial charge in [0.15, 0.2) is 0 Å². The second-order valence-electron chi connectivity index (χ2n) is 6.71. The molecule has 1 heterocycles. The van der Waals surface area contributed by atoms with Crippen molar-refractivity contribution in [2.24, 2.45) is 5.92 Å². The number of nitrogens with one attached hydrogen (secondary N) is 2. The van der Waals surface area contributed by atoms with Crippen LogP contribution in [0.15, 0.2) is 0 Å². The van der Waals surface area contributed by atoms with Crippen LogP contribution in [0.25, 0.3) is 0 Å². The first-order valence-electron chi connectivity index (χ1n) is 8.95. The van der Waals surface area contributed by atoms with Gasteiger partial charge in [0.1, 0.15) is 0 Å². The molecule has 2 aliphatic rings. The molecular formula is C17H27N3O4S. The van der Waals surface area contributed by atoms with Gasteiger partial charge in [0.25, 0.3) is 0 Å². The molecule has 1 atom stereocenters. The van der Waals surface area contributed by atoms with Gasteiger partial charge in [-0.15, -0.1) is 11.8 Å². The summed E-state index contributed by atoms with van der Waals surface area (Å²) in [5, 5.41) is 5.67. The zero-order valence-electron chi connectivity index (χ0n) is 14.7. The molecule has 2 N–H and O–H groups in total. The number of carbonyl (C=O) groups is 4. The van der Waals surface area contributed by atoms with Crippen LogP contribution in [0.5, 0.6) is 0 Å². The molecule has 1 aliphatic heterocycles. The summed E-state index contributed by atoms with van der Waals surface area (Å²) >= 11 is 1.27. The number of thioether (sulfide) groups is 1. The van der Waals surface area contributed by atoms with Crippen molar-refractivity contribution in [3.63, 3.8) is 0 Å². The maximum atomic E-state index is 11.9. The van der Waals surface area contributed by atoms with Crippen molar-refractivity contribution < 1.29 is 19.2 Å². The van der Waals surface area contributed by atoms with E-state index in [2.05, 4.69) is 10.6 Å². The minimum Gasteiger partial charge on any atom is -0.354 e. The van der Waals surface area contributed by atoms with Gasteiger partial charge in [0.05, 0.1) is 11.5 Å². The topological polar surface area (TPSA) is 95.6 Å². The van der Waals surface area contributed by atoms with Crippen LogP contribution in [0.4, 0.5) is 0 Å². The van der Waals surface area contributed by atoms with Crippen LogP contribution in [0.1, 0.15) is 45.4 Å². The molecule has 2 rings (SSSR count). The lowest BCUT2D eigenvalue weighted by Gasteiger charge is -2.28. The molecule has 0 unspecified atom stereocenters. The second kappa shape index (κ2) is 9.79. The SMILES string of the molecule is C[C@@H]1CCC(=O)N(CCNC(=O)CSCC(=O)NC2CCCC2)C1=O. The van der Waals surface area contributed by atoms with E-state index in [9.17, 15) is 19.2 Å². The molecular weight excluding hydrogens is 342 g/mol. The first kappa shape index (κ1) is 19.8. The van der Waals surface area contributed by atoms with Gasteiger partial charge in [-0.3, -0.25) is 24.1 Å². The highest BCUT2D eigenvalue weighted by Crippen LogP contribution is 2.18. The van der Waals surface area contributed by atoms with Gasteiger partial charge in [-0.2, -0.15) is 0 Å². The van der Waals surface area contributed by atoms with E-state index in [0.717, 1.165) is 12.8 Å². The molecule has 0 aromatic heterocycles. The molecule has 1 saturated heterocycles. The van der Waals surface area contributed by atoms with Gasteiger partial charge < -0.3 is 10.6 Å². The lowest BCUT2D eigenvalue weighted by molar-refractivity contribution is -0.151. The molecule has 1 aliphatic carbocycles. The summed E-state index contributed by atoms with van der Waals surface area (Å²) in [6, 6.07) is 0.295. The summed E-state index contributed by atoms with van der Waals surface area (Å²) in [6.45, 7) is 2.27. The largest absolute Gasteiger partial charge is 0.354 e. The fourth-order valence-electron chi connectivity index (χ4n) is 3.16. The summed E-state index contributed by atoms with van der Waals surface area (Å²) in [7, 11) is 0. The number of hydrogen-bond donors (Lipinski definition) is 2. The van der Waals surface area contributed by atoms with Crippen molar-refractivity contribution in [1.29, 1.82) is 0 Å². The third-order valence-electron chi connectivity index (χ3n) is 4.62. The molecule has 7 nitrogen and oxygen atoms in total. The molecule has 8 heteroatoms. The van der Waals surface area contributed by atoms with Crippen molar-refractivity contribution in [2.45, 2.75) is 51.5 Å². The molecule has 0 bridgehead atoms. The predicted molar refractivity (Wildman–Crippen MR) is 95.9 cm³/mol. The molecule has 0 aromatic carbocycles. The summed E-state index contributed by atoms with van der Waals surface area (Å²) in [5.41, 5.74) is 0. The van der Waals surface area contributed by atoms with Gasteiger partial charge in [-0.05, 0) is 19.3 Å². The van der Waals surface area contributed by atoms with Crippen molar-refractivity contribution in [3.8, 4) is 0 Å².